The van der Waals surface area contributed by atoms with Crippen LogP contribution in [0.2, 0.25) is 0 Å². The highest BCUT2D eigenvalue weighted by Gasteiger charge is 2.11. The molecule has 15 heavy (non-hydrogen) atoms. The van der Waals surface area contributed by atoms with E-state index in [1.165, 1.54) is 0 Å². The van der Waals surface area contributed by atoms with Gasteiger partial charge < -0.3 is 4.74 Å². The standard InChI is InChI=1S/C12H16N2O/c1-9(2)14-12(8-13)10-5-4-6-11(7-10)15-3/h4-7,9,12,14H,1-3H3. The van der Waals surface area contributed by atoms with Crippen molar-refractivity contribution in [2.45, 2.75) is 25.9 Å². The first-order valence-corrected chi connectivity index (χ1v) is 4.97. The first kappa shape index (κ1) is 11.5. The first-order valence-electron chi connectivity index (χ1n) is 4.97. The normalized spacial score (nSPS) is 12.2. The van der Waals surface area contributed by atoms with Gasteiger partial charge in [0.25, 0.3) is 0 Å². The molecule has 0 radical (unpaired) electrons. The Labute approximate surface area is 90.7 Å². The summed E-state index contributed by atoms with van der Waals surface area (Å²) >= 11 is 0. The van der Waals surface area contributed by atoms with Gasteiger partial charge in [0.1, 0.15) is 11.8 Å². The fourth-order valence-electron chi connectivity index (χ4n) is 1.36. The molecule has 1 aromatic carbocycles. The van der Waals surface area contributed by atoms with Gasteiger partial charge >= 0.3 is 0 Å². The van der Waals surface area contributed by atoms with Crippen molar-refractivity contribution in [2.24, 2.45) is 0 Å². The molecule has 3 heteroatoms. The fraction of sp³-hybridized carbons (Fsp3) is 0.417. The zero-order valence-electron chi connectivity index (χ0n) is 9.32. The first-order chi connectivity index (χ1) is 7.17. The van der Waals surface area contributed by atoms with Crippen molar-refractivity contribution in [2.75, 3.05) is 7.11 Å². The topological polar surface area (TPSA) is 45.0 Å². The Balaban J connectivity index is 2.87. The average Bonchev–Trinajstić information content (AvgIpc) is 2.25. The molecule has 1 unspecified atom stereocenters. The molecule has 0 amide bonds. The Morgan fingerprint density at radius 2 is 2.13 bits per heavy atom. The van der Waals surface area contributed by atoms with Crippen molar-refractivity contribution in [1.29, 1.82) is 5.26 Å². The predicted octanol–water partition coefficient (Wildman–Crippen LogP) is 2.26. The highest BCUT2D eigenvalue weighted by Crippen LogP contribution is 2.18. The zero-order valence-corrected chi connectivity index (χ0v) is 9.32. The van der Waals surface area contributed by atoms with Crippen LogP contribution in [0.1, 0.15) is 25.5 Å². The lowest BCUT2D eigenvalue weighted by atomic mass is 10.1. The molecule has 0 saturated carbocycles. The molecule has 0 fully saturated rings. The Hall–Kier alpha value is -1.53. The van der Waals surface area contributed by atoms with Gasteiger partial charge in [-0.05, 0) is 31.5 Å². The fourth-order valence-corrected chi connectivity index (χ4v) is 1.36. The maximum atomic E-state index is 9.04. The van der Waals surface area contributed by atoms with Gasteiger partial charge in [-0.3, -0.25) is 5.32 Å². The van der Waals surface area contributed by atoms with E-state index < -0.39 is 0 Å². The molecule has 0 aliphatic rings. The number of ether oxygens (including phenoxy) is 1. The van der Waals surface area contributed by atoms with Crippen molar-refractivity contribution in [1.82, 2.24) is 5.32 Å². The SMILES string of the molecule is COc1cccc(C(C#N)NC(C)C)c1. The second kappa shape index (κ2) is 5.38. The van der Waals surface area contributed by atoms with Crippen LogP contribution < -0.4 is 10.1 Å². The molecular weight excluding hydrogens is 188 g/mol. The molecule has 0 heterocycles. The summed E-state index contributed by atoms with van der Waals surface area (Å²) in [6, 6.07) is 9.79. The second-order valence-corrected chi connectivity index (χ2v) is 3.66. The third-order valence-corrected chi connectivity index (χ3v) is 2.06. The molecular formula is C12H16N2O. The van der Waals surface area contributed by atoms with E-state index in [1.807, 2.05) is 38.1 Å². The molecule has 0 saturated heterocycles. The van der Waals surface area contributed by atoms with Crippen LogP contribution in [-0.4, -0.2) is 13.2 Å². The van der Waals surface area contributed by atoms with Crippen molar-refractivity contribution >= 4 is 0 Å². The Kier molecular flexibility index (Phi) is 4.14. The van der Waals surface area contributed by atoms with Gasteiger partial charge in [-0.15, -0.1) is 0 Å². The molecule has 1 aromatic rings. The van der Waals surface area contributed by atoms with Crippen LogP contribution in [0.5, 0.6) is 5.75 Å². The molecule has 0 aromatic heterocycles. The minimum Gasteiger partial charge on any atom is -0.497 e. The van der Waals surface area contributed by atoms with Gasteiger partial charge in [-0.2, -0.15) is 5.26 Å². The van der Waals surface area contributed by atoms with Crippen LogP contribution in [0.4, 0.5) is 0 Å². The molecule has 1 N–H and O–H groups in total. The maximum Gasteiger partial charge on any atom is 0.121 e. The monoisotopic (exact) mass is 204 g/mol. The third-order valence-electron chi connectivity index (χ3n) is 2.06. The minimum atomic E-state index is -0.278. The largest absolute Gasteiger partial charge is 0.497 e. The third kappa shape index (κ3) is 3.26. The number of nitriles is 1. The quantitative estimate of drug-likeness (QED) is 0.818. The van der Waals surface area contributed by atoms with E-state index in [0.717, 1.165) is 11.3 Å². The van der Waals surface area contributed by atoms with E-state index in [0.29, 0.717) is 0 Å². The van der Waals surface area contributed by atoms with Crippen molar-refractivity contribution in [3.8, 4) is 11.8 Å². The van der Waals surface area contributed by atoms with Gasteiger partial charge in [0.2, 0.25) is 0 Å². The van der Waals surface area contributed by atoms with Gasteiger partial charge in [0.15, 0.2) is 0 Å². The number of methoxy groups -OCH3 is 1. The van der Waals surface area contributed by atoms with Crippen LogP contribution in [-0.2, 0) is 0 Å². The van der Waals surface area contributed by atoms with E-state index in [1.54, 1.807) is 7.11 Å². The van der Waals surface area contributed by atoms with Crippen LogP contribution in [0.25, 0.3) is 0 Å². The molecule has 0 bridgehead atoms. The van der Waals surface area contributed by atoms with Crippen molar-refractivity contribution in [3.63, 3.8) is 0 Å². The van der Waals surface area contributed by atoms with Crippen LogP contribution in [0.3, 0.4) is 0 Å². The van der Waals surface area contributed by atoms with Crippen molar-refractivity contribution < 1.29 is 4.74 Å². The summed E-state index contributed by atoms with van der Waals surface area (Å²) in [5.74, 6) is 0.776. The summed E-state index contributed by atoms with van der Waals surface area (Å²) < 4.78 is 5.12. The molecule has 80 valence electrons. The Morgan fingerprint density at radius 1 is 1.40 bits per heavy atom. The summed E-state index contributed by atoms with van der Waals surface area (Å²) in [6.07, 6.45) is 0. The molecule has 0 aliphatic heterocycles. The number of hydrogen-bond acceptors (Lipinski definition) is 3. The van der Waals surface area contributed by atoms with Crippen LogP contribution >= 0.6 is 0 Å². The van der Waals surface area contributed by atoms with Gasteiger partial charge in [0, 0.05) is 6.04 Å². The molecule has 0 spiro atoms. The van der Waals surface area contributed by atoms with Crippen LogP contribution in [0, 0.1) is 11.3 Å². The lowest BCUT2D eigenvalue weighted by molar-refractivity contribution is 0.413. The second-order valence-electron chi connectivity index (χ2n) is 3.66. The van der Waals surface area contributed by atoms with E-state index in [2.05, 4.69) is 11.4 Å². The van der Waals surface area contributed by atoms with Gasteiger partial charge in [-0.25, -0.2) is 0 Å². The van der Waals surface area contributed by atoms with Crippen LogP contribution in [0.15, 0.2) is 24.3 Å². The lowest BCUT2D eigenvalue weighted by Crippen LogP contribution is -2.27. The van der Waals surface area contributed by atoms with E-state index in [9.17, 15) is 0 Å². The molecule has 1 rings (SSSR count). The van der Waals surface area contributed by atoms with Gasteiger partial charge in [0.05, 0.1) is 13.2 Å². The minimum absolute atomic E-state index is 0.278. The summed E-state index contributed by atoms with van der Waals surface area (Å²) in [5, 5.41) is 12.2. The van der Waals surface area contributed by atoms with E-state index >= 15 is 0 Å². The number of nitrogens with one attached hydrogen (secondary N) is 1. The number of nitrogens with zero attached hydrogens (tertiary/aromatic N) is 1. The van der Waals surface area contributed by atoms with Crippen molar-refractivity contribution in [3.05, 3.63) is 29.8 Å². The van der Waals surface area contributed by atoms with E-state index in [-0.39, 0.29) is 12.1 Å². The number of rotatable bonds is 4. The van der Waals surface area contributed by atoms with E-state index in [4.69, 9.17) is 10.00 Å². The molecule has 0 aliphatic carbocycles. The summed E-state index contributed by atoms with van der Waals surface area (Å²) in [4.78, 5) is 0. The Bertz CT molecular complexity index is 355. The maximum absolute atomic E-state index is 9.04. The predicted molar refractivity (Wildman–Crippen MR) is 59.6 cm³/mol. The lowest BCUT2D eigenvalue weighted by Gasteiger charge is -2.15. The molecule has 1 atom stereocenters. The number of hydrogen-bond donors (Lipinski definition) is 1. The summed E-state index contributed by atoms with van der Waals surface area (Å²) in [6.45, 7) is 4.04. The highest BCUT2D eigenvalue weighted by atomic mass is 16.5. The highest BCUT2D eigenvalue weighted by molar-refractivity contribution is 5.33. The molecule has 3 nitrogen and oxygen atoms in total. The Morgan fingerprint density at radius 3 is 2.67 bits per heavy atom. The summed E-state index contributed by atoms with van der Waals surface area (Å²) in [7, 11) is 1.62. The number of benzene rings is 1. The smallest absolute Gasteiger partial charge is 0.121 e. The van der Waals surface area contributed by atoms with Gasteiger partial charge in [-0.1, -0.05) is 12.1 Å². The zero-order chi connectivity index (χ0) is 11.3. The average molecular weight is 204 g/mol. The summed E-state index contributed by atoms with van der Waals surface area (Å²) in [5.41, 5.74) is 0.936.